The van der Waals surface area contributed by atoms with Crippen LogP contribution in [0.25, 0.3) is 0 Å². The Balaban J connectivity index is 0.00000338. The highest BCUT2D eigenvalue weighted by molar-refractivity contribution is 14.0. The number of fused-ring (bicyclic) bond motifs is 1. The first-order valence-electron chi connectivity index (χ1n) is 8.69. The van der Waals surface area contributed by atoms with Gasteiger partial charge in [0.2, 0.25) is 0 Å². The number of aliphatic imine (C=N–C) groups is 1. The smallest absolute Gasteiger partial charge is 0.191 e. The molecule has 0 atom stereocenters. The largest absolute Gasteiger partial charge is 0.493 e. The van der Waals surface area contributed by atoms with Crippen LogP contribution in [0.1, 0.15) is 31.9 Å². The lowest BCUT2D eigenvalue weighted by atomic mass is 10.1. The van der Waals surface area contributed by atoms with Crippen molar-refractivity contribution in [3.63, 3.8) is 0 Å². The van der Waals surface area contributed by atoms with Gasteiger partial charge in [-0.1, -0.05) is 12.1 Å². The van der Waals surface area contributed by atoms with Crippen molar-refractivity contribution in [1.82, 2.24) is 10.6 Å². The molecule has 0 spiro atoms. The predicted molar refractivity (Wildman–Crippen MR) is 118 cm³/mol. The lowest BCUT2D eigenvalue weighted by molar-refractivity contribution is 0.357. The fourth-order valence-electron chi connectivity index (χ4n) is 2.45. The molecule has 0 unspecified atom stereocenters. The number of hydrogen-bond donors (Lipinski definition) is 2. The van der Waals surface area contributed by atoms with Gasteiger partial charge < -0.3 is 15.4 Å². The average Bonchev–Trinajstić information content (AvgIpc) is 2.99. The molecule has 1 heterocycles. The van der Waals surface area contributed by atoms with Gasteiger partial charge in [-0.05, 0) is 44.4 Å². The minimum Gasteiger partial charge on any atom is -0.493 e. The van der Waals surface area contributed by atoms with E-state index in [0.717, 1.165) is 38.3 Å². The highest BCUT2D eigenvalue weighted by Crippen LogP contribution is 2.25. The predicted octanol–water partition coefficient (Wildman–Crippen LogP) is 2.16. The van der Waals surface area contributed by atoms with Gasteiger partial charge in [-0.3, -0.25) is 4.99 Å². The Morgan fingerprint density at radius 2 is 2.04 bits per heavy atom. The zero-order chi connectivity index (χ0) is 18.5. The zero-order valence-electron chi connectivity index (χ0n) is 16.0. The maximum atomic E-state index is 11.8. The summed E-state index contributed by atoms with van der Waals surface area (Å²) in [6, 6.07) is 6.31. The summed E-state index contributed by atoms with van der Waals surface area (Å²) in [4.78, 5) is 4.44. The molecule has 26 heavy (non-hydrogen) atoms. The molecule has 0 fully saturated rings. The van der Waals surface area contributed by atoms with Gasteiger partial charge in [-0.2, -0.15) is 0 Å². The number of rotatable bonds is 7. The van der Waals surface area contributed by atoms with Gasteiger partial charge >= 0.3 is 0 Å². The Morgan fingerprint density at radius 3 is 2.69 bits per heavy atom. The van der Waals surface area contributed by atoms with Crippen LogP contribution in [-0.2, 0) is 22.7 Å². The Kier molecular flexibility index (Phi) is 8.65. The molecule has 1 aliphatic rings. The van der Waals surface area contributed by atoms with Crippen LogP contribution in [0.2, 0.25) is 0 Å². The monoisotopic (exact) mass is 495 g/mol. The summed E-state index contributed by atoms with van der Waals surface area (Å²) in [6.45, 7) is 7.82. The van der Waals surface area contributed by atoms with Gasteiger partial charge in [0.25, 0.3) is 0 Å². The van der Waals surface area contributed by atoms with Gasteiger partial charge in [0, 0.05) is 25.8 Å². The highest BCUT2D eigenvalue weighted by Gasteiger charge is 2.29. The van der Waals surface area contributed by atoms with E-state index in [-0.39, 0.29) is 30.5 Å². The molecule has 0 saturated carbocycles. The van der Waals surface area contributed by atoms with Crippen molar-refractivity contribution in [3.05, 3.63) is 29.3 Å². The molecule has 148 valence electrons. The van der Waals surface area contributed by atoms with E-state index in [9.17, 15) is 8.42 Å². The molecule has 0 amide bonds. The third-order valence-electron chi connectivity index (χ3n) is 4.43. The molecule has 1 aromatic carbocycles. The normalized spacial score (nSPS) is 14.2. The van der Waals surface area contributed by atoms with Gasteiger partial charge in [0.1, 0.15) is 5.75 Å². The number of sulfone groups is 1. The number of nitrogens with one attached hydrogen (secondary N) is 2. The van der Waals surface area contributed by atoms with Crippen LogP contribution >= 0.6 is 24.0 Å². The molecule has 0 radical (unpaired) electrons. The van der Waals surface area contributed by atoms with E-state index in [1.54, 1.807) is 13.8 Å². The molecule has 2 N–H and O–H groups in total. The number of ether oxygens (including phenoxy) is 1. The quantitative estimate of drug-likeness (QED) is 0.345. The maximum absolute atomic E-state index is 11.8. The number of nitrogens with zero attached hydrogens (tertiary/aromatic N) is 1. The van der Waals surface area contributed by atoms with Crippen LogP contribution in [0.5, 0.6) is 5.75 Å². The summed E-state index contributed by atoms with van der Waals surface area (Å²) in [6.07, 6.45) is 3.09. The minimum absolute atomic E-state index is 0. The highest BCUT2D eigenvalue weighted by atomic mass is 127. The second-order valence-electron chi connectivity index (χ2n) is 6.94. The van der Waals surface area contributed by atoms with Crippen LogP contribution in [0.3, 0.4) is 0 Å². The number of halogens is 1. The summed E-state index contributed by atoms with van der Waals surface area (Å²) in [5, 5.41) is 6.43. The first-order chi connectivity index (χ1) is 11.7. The van der Waals surface area contributed by atoms with E-state index in [4.69, 9.17) is 4.74 Å². The van der Waals surface area contributed by atoms with Crippen LogP contribution in [-0.4, -0.2) is 51.6 Å². The third-order valence-corrected chi connectivity index (χ3v) is 6.56. The molecule has 8 heteroatoms. The van der Waals surface area contributed by atoms with E-state index in [2.05, 4.69) is 27.8 Å². The lowest BCUT2D eigenvalue weighted by Gasteiger charge is -2.21. The Hall–Kier alpha value is -1.03. The van der Waals surface area contributed by atoms with Crippen molar-refractivity contribution < 1.29 is 13.2 Å². The first-order valence-corrected chi connectivity index (χ1v) is 10.6. The van der Waals surface area contributed by atoms with Crippen molar-refractivity contribution in [1.29, 1.82) is 0 Å². The Bertz CT molecular complexity index is 733. The molecule has 1 aliphatic heterocycles. The van der Waals surface area contributed by atoms with E-state index in [0.29, 0.717) is 5.96 Å². The summed E-state index contributed by atoms with van der Waals surface area (Å²) in [7, 11) is -3.16. The fraction of sp³-hybridized carbons (Fsp3) is 0.611. The van der Waals surface area contributed by atoms with E-state index < -0.39 is 14.6 Å². The van der Waals surface area contributed by atoms with Gasteiger partial charge in [-0.25, -0.2) is 8.42 Å². The molecule has 0 aliphatic carbocycles. The molecule has 0 bridgehead atoms. The van der Waals surface area contributed by atoms with Crippen molar-refractivity contribution >= 4 is 39.8 Å². The van der Waals surface area contributed by atoms with Gasteiger partial charge in [0.05, 0.1) is 17.9 Å². The summed E-state index contributed by atoms with van der Waals surface area (Å²) in [5.74, 6) is 1.64. The van der Waals surface area contributed by atoms with Crippen molar-refractivity contribution in [2.45, 2.75) is 38.4 Å². The first kappa shape index (κ1) is 23.0. The number of guanidine groups is 1. The molecule has 0 saturated heterocycles. The van der Waals surface area contributed by atoms with Gasteiger partial charge in [0.15, 0.2) is 15.8 Å². The van der Waals surface area contributed by atoms with Gasteiger partial charge in [-0.15, -0.1) is 24.0 Å². The van der Waals surface area contributed by atoms with Crippen molar-refractivity contribution in [2.75, 3.05) is 32.5 Å². The summed E-state index contributed by atoms with van der Waals surface area (Å²) >= 11 is 0. The van der Waals surface area contributed by atoms with Crippen LogP contribution in [0.15, 0.2) is 23.2 Å². The summed E-state index contributed by atoms with van der Waals surface area (Å²) < 4.78 is 28.2. The molecule has 0 aromatic heterocycles. The second-order valence-corrected chi connectivity index (χ2v) is 9.59. The molecular formula is C18H30IN3O3S. The topological polar surface area (TPSA) is 79.8 Å². The van der Waals surface area contributed by atoms with Crippen molar-refractivity contribution in [2.24, 2.45) is 4.99 Å². The van der Waals surface area contributed by atoms with E-state index in [1.165, 1.54) is 17.4 Å². The Morgan fingerprint density at radius 1 is 1.31 bits per heavy atom. The van der Waals surface area contributed by atoms with Crippen LogP contribution in [0.4, 0.5) is 0 Å². The van der Waals surface area contributed by atoms with Crippen LogP contribution < -0.4 is 15.4 Å². The average molecular weight is 495 g/mol. The lowest BCUT2D eigenvalue weighted by Crippen LogP contribution is -2.41. The zero-order valence-corrected chi connectivity index (χ0v) is 19.1. The molecule has 2 rings (SSSR count). The van der Waals surface area contributed by atoms with E-state index in [1.807, 2.05) is 13.0 Å². The third kappa shape index (κ3) is 6.29. The van der Waals surface area contributed by atoms with E-state index >= 15 is 0 Å². The van der Waals surface area contributed by atoms with Crippen LogP contribution in [0, 0.1) is 0 Å². The Labute approximate surface area is 174 Å². The van der Waals surface area contributed by atoms with Crippen molar-refractivity contribution in [3.8, 4) is 5.75 Å². The molecular weight excluding hydrogens is 465 g/mol. The second kappa shape index (κ2) is 9.77. The maximum Gasteiger partial charge on any atom is 0.191 e. The molecule has 6 nitrogen and oxygen atoms in total. The molecule has 1 aromatic rings. The number of benzene rings is 1. The number of hydrogen-bond acceptors (Lipinski definition) is 4. The fourth-order valence-corrected chi connectivity index (χ4v) is 2.75. The summed E-state index contributed by atoms with van der Waals surface area (Å²) in [5.41, 5.74) is 2.53. The minimum atomic E-state index is -3.16. The standard InChI is InChI=1S/C18H29N3O3S.HI/c1-5-19-17(21-13-18(2,3)25(4,22)23)20-10-8-14-6-7-16-15(12-14)9-11-24-16;/h6-7,12H,5,8-11,13H2,1-4H3,(H2,19,20,21);1H. The SMILES string of the molecule is CCNC(=NCC(C)(C)S(C)(=O)=O)NCCc1ccc2c(c1)CCO2.I.